The molecule has 0 bridgehead atoms. The maximum atomic E-state index is 13.9. The van der Waals surface area contributed by atoms with Crippen LogP contribution in [0.5, 0.6) is 11.5 Å². The van der Waals surface area contributed by atoms with E-state index in [1.807, 2.05) is 0 Å². The molecule has 42 heavy (non-hydrogen) atoms. The summed E-state index contributed by atoms with van der Waals surface area (Å²) in [6.45, 7) is 1.45. The van der Waals surface area contributed by atoms with E-state index >= 15 is 0 Å². The molecule has 0 unspecified atom stereocenters. The number of ether oxygens (including phenoxy) is 4. The fourth-order valence-corrected chi connectivity index (χ4v) is 5.21. The summed E-state index contributed by atoms with van der Waals surface area (Å²) in [6.07, 6.45) is 3.07. The molecule has 0 aliphatic carbocycles. The first-order chi connectivity index (χ1) is 20.4. The number of nitrogens with one attached hydrogen (secondary N) is 1. The van der Waals surface area contributed by atoms with Crippen molar-refractivity contribution in [2.24, 2.45) is 0 Å². The van der Waals surface area contributed by atoms with Crippen molar-refractivity contribution >= 4 is 11.8 Å². The molecule has 1 aromatic heterocycles. The Hall–Kier alpha value is -4.10. The molecule has 0 radical (unpaired) electrons. The van der Waals surface area contributed by atoms with E-state index in [1.165, 1.54) is 41.1 Å². The van der Waals surface area contributed by atoms with Gasteiger partial charge < -0.3 is 29.2 Å². The molecule has 12 nitrogen and oxygen atoms in total. The Bertz CT molecular complexity index is 1360. The van der Waals surface area contributed by atoms with Gasteiger partial charge in [0.25, 0.3) is 0 Å². The summed E-state index contributed by atoms with van der Waals surface area (Å²) in [7, 11) is 3.07. The van der Waals surface area contributed by atoms with Crippen LogP contribution in [0.2, 0.25) is 0 Å². The van der Waals surface area contributed by atoms with Crippen LogP contribution >= 0.6 is 0 Å². The molecule has 0 saturated carbocycles. The van der Waals surface area contributed by atoms with Gasteiger partial charge in [-0.1, -0.05) is 12.1 Å². The van der Waals surface area contributed by atoms with E-state index in [-0.39, 0.29) is 31.2 Å². The first-order valence-corrected chi connectivity index (χ1v) is 14.0. The molecular formula is C29H35FN6O6. The summed E-state index contributed by atoms with van der Waals surface area (Å²) in [5.74, 6) is 0.103. The molecule has 3 atom stereocenters. The third kappa shape index (κ3) is 7.02. The molecule has 0 spiro atoms. The van der Waals surface area contributed by atoms with Gasteiger partial charge in [0.05, 0.1) is 26.4 Å². The van der Waals surface area contributed by atoms with Crippen LogP contribution in [0.3, 0.4) is 0 Å². The molecule has 3 heterocycles. The van der Waals surface area contributed by atoms with E-state index < -0.39 is 17.8 Å². The molecule has 2 aliphatic heterocycles. The lowest BCUT2D eigenvalue weighted by molar-refractivity contribution is -0.143. The second kappa shape index (κ2) is 13.7. The summed E-state index contributed by atoms with van der Waals surface area (Å²) in [5, 5.41) is 15.5. The third-order valence-electron chi connectivity index (χ3n) is 7.39. The number of methoxy groups -OCH3 is 2. The SMILES string of the molecule is COc1ccc(-c2nnn(CC(=O)N(C[C@@H]3CCCO3)[C@@H](C(=O)NC[C@H]3CCCO3)c3ccc(F)cc3)n2)cc1OC. The molecule has 224 valence electrons. The molecule has 2 amide bonds. The van der Waals surface area contributed by atoms with Gasteiger partial charge in [-0.15, -0.1) is 10.2 Å². The van der Waals surface area contributed by atoms with Crippen LogP contribution in [0, 0.1) is 5.82 Å². The standard InChI is InChI=1S/C29H35FN6O6/c1-39-24-12-9-20(15-25(24)40-2)28-32-34-36(33-28)18-26(37)35(17-23-6-4-14-42-23)27(19-7-10-21(30)11-8-19)29(38)31-16-22-5-3-13-41-22/h7-12,15,22-23,27H,3-6,13-14,16-18H2,1-2H3,(H,31,38)/t22-,23+,27-/m1/s1. The first kappa shape index (κ1) is 29.4. The normalized spacial score (nSPS) is 18.9. The van der Waals surface area contributed by atoms with Crippen molar-refractivity contribution in [3.8, 4) is 22.9 Å². The molecule has 2 aromatic carbocycles. The van der Waals surface area contributed by atoms with Crippen LogP contribution in [-0.4, -0.2) is 89.7 Å². The van der Waals surface area contributed by atoms with Crippen LogP contribution in [-0.2, 0) is 25.6 Å². The summed E-state index contributed by atoms with van der Waals surface area (Å²) >= 11 is 0. The van der Waals surface area contributed by atoms with Crippen molar-refractivity contribution in [1.29, 1.82) is 0 Å². The molecule has 2 aliphatic rings. The Morgan fingerprint density at radius 3 is 2.43 bits per heavy atom. The Kier molecular flexibility index (Phi) is 9.59. The number of amides is 2. The number of hydrogen-bond donors (Lipinski definition) is 1. The van der Waals surface area contributed by atoms with E-state index in [0.29, 0.717) is 48.2 Å². The van der Waals surface area contributed by atoms with E-state index in [9.17, 15) is 14.0 Å². The summed E-state index contributed by atoms with van der Waals surface area (Å²) in [5.41, 5.74) is 1.10. The lowest BCUT2D eigenvalue weighted by Crippen LogP contribution is -2.48. The van der Waals surface area contributed by atoms with E-state index in [0.717, 1.165) is 25.7 Å². The number of aromatic nitrogens is 4. The van der Waals surface area contributed by atoms with Crippen LogP contribution in [0.15, 0.2) is 42.5 Å². The lowest BCUT2D eigenvalue weighted by Gasteiger charge is -2.33. The Morgan fingerprint density at radius 1 is 1.05 bits per heavy atom. The molecule has 5 rings (SSSR count). The van der Waals surface area contributed by atoms with Crippen LogP contribution < -0.4 is 14.8 Å². The summed E-state index contributed by atoms with van der Waals surface area (Å²) in [4.78, 5) is 30.2. The smallest absolute Gasteiger partial charge is 0.247 e. The number of hydrogen-bond acceptors (Lipinski definition) is 9. The minimum Gasteiger partial charge on any atom is -0.493 e. The maximum Gasteiger partial charge on any atom is 0.247 e. The minimum atomic E-state index is -1.03. The van der Waals surface area contributed by atoms with Gasteiger partial charge in [-0.05, 0) is 66.8 Å². The van der Waals surface area contributed by atoms with Crippen molar-refractivity contribution in [3.05, 3.63) is 53.8 Å². The highest BCUT2D eigenvalue weighted by molar-refractivity contribution is 5.88. The number of tetrazole rings is 1. The zero-order valence-corrected chi connectivity index (χ0v) is 23.7. The molecule has 1 N–H and O–H groups in total. The molecule has 3 aromatic rings. The van der Waals surface area contributed by atoms with Gasteiger partial charge in [-0.3, -0.25) is 9.59 Å². The van der Waals surface area contributed by atoms with Gasteiger partial charge in [0.1, 0.15) is 18.4 Å². The number of halogens is 1. The largest absolute Gasteiger partial charge is 0.493 e. The van der Waals surface area contributed by atoms with Crippen LogP contribution in [0.1, 0.15) is 37.3 Å². The van der Waals surface area contributed by atoms with Gasteiger partial charge in [-0.2, -0.15) is 4.80 Å². The summed E-state index contributed by atoms with van der Waals surface area (Å²) < 4.78 is 36.0. The number of rotatable bonds is 12. The highest BCUT2D eigenvalue weighted by atomic mass is 19.1. The maximum absolute atomic E-state index is 13.9. The predicted molar refractivity (Wildman–Crippen MR) is 148 cm³/mol. The molecule has 13 heteroatoms. The lowest BCUT2D eigenvalue weighted by atomic mass is 10.0. The van der Waals surface area contributed by atoms with Gasteiger partial charge in [-0.25, -0.2) is 4.39 Å². The number of nitrogens with zero attached hydrogens (tertiary/aromatic N) is 5. The highest BCUT2D eigenvalue weighted by Crippen LogP contribution is 2.31. The second-order valence-electron chi connectivity index (χ2n) is 10.2. The second-order valence-corrected chi connectivity index (χ2v) is 10.2. The van der Waals surface area contributed by atoms with Gasteiger partial charge in [0.15, 0.2) is 11.5 Å². The van der Waals surface area contributed by atoms with Crippen molar-refractivity contribution in [2.45, 2.75) is 50.5 Å². The molecule has 2 fully saturated rings. The van der Waals surface area contributed by atoms with Gasteiger partial charge >= 0.3 is 0 Å². The Balaban J connectivity index is 1.40. The van der Waals surface area contributed by atoms with Gasteiger partial charge in [0.2, 0.25) is 17.6 Å². The van der Waals surface area contributed by atoms with E-state index in [2.05, 4.69) is 20.7 Å². The van der Waals surface area contributed by atoms with Crippen LogP contribution in [0.25, 0.3) is 11.4 Å². The zero-order chi connectivity index (χ0) is 29.5. The monoisotopic (exact) mass is 582 g/mol. The van der Waals surface area contributed by atoms with Crippen LogP contribution in [0.4, 0.5) is 4.39 Å². The Labute approximate surface area is 243 Å². The van der Waals surface area contributed by atoms with Gasteiger partial charge in [0, 0.05) is 31.9 Å². The third-order valence-corrected chi connectivity index (χ3v) is 7.39. The summed E-state index contributed by atoms with van der Waals surface area (Å²) in [6, 6.07) is 9.77. The average Bonchev–Trinajstić information content (AvgIpc) is 3.80. The van der Waals surface area contributed by atoms with E-state index in [4.69, 9.17) is 18.9 Å². The fraction of sp³-hybridized carbons (Fsp3) is 0.483. The average molecular weight is 583 g/mol. The topological polar surface area (TPSA) is 130 Å². The fourth-order valence-electron chi connectivity index (χ4n) is 5.21. The molecule has 2 saturated heterocycles. The first-order valence-electron chi connectivity index (χ1n) is 14.0. The highest BCUT2D eigenvalue weighted by Gasteiger charge is 2.35. The van der Waals surface area contributed by atoms with Crippen molar-refractivity contribution in [1.82, 2.24) is 30.4 Å². The predicted octanol–water partition coefficient (Wildman–Crippen LogP) is 2.54. The number of carbonyl (C=O) groups is 2. The quantitative estimate of drug-likeness (QED) is 0.342. The van der Waals surface area contributed by atoms with E-state index in [1.54, 1.807) is 25.3 Å². The van der Waals surface area contributed by atoms with Crippen molar-refractivity contribution < 1.29 is 32.9 Å². The Morgan fingerprint density at radius 2 is 1.76 bits per heavy atom. The minimum absolute atomic E-state index is 0.0838. The van der Waals surface area contributed by atoms with Crippen molar-refractivity contribution in [2.75, 3.05) is 40.5 Å². The zero-order valence-electron chi connectivity index (χ0n) is 23.7. The number of carbonyl (C=O) groups excluding carboxylic acids is 2. The number of benzene rings is 2. The molecular weight excluding hydrogens is 547 g/mol. The van der Waals surface area contributed by atoms with Crippen molar-refractivity contribution in [3.63, 3.8) is 0 Å².